The highest BCUT2D eigenvalue weighted by molar-refractivity contribution is 5.95. The molecule has 2 saturated heterocycles. The number of nitrogens with zero attached hydrogens (tertiary/aromatic N) is 5. The molecular formula is C28H29F2N7. The molecule has 6 rings (SSSR count). The van der Waals surface area contributed by atoms with Gasteiger partial charge in [-0.05, 0) is 49.1 Å². The molecule has 0 saturated carbocycles. The third-order valence-electron chi connectivity index (χ3n) is 7.16. The minimum absolute atomic E-state index is 0.156. The number of benzene rings is 1. The van der Waals surface area contributed by atoms with E-state index >= 15 is 0 Å². The second-order valence-electron chi connectivity index (χ2n) is 9.85. The number of aromatic nitrogens is 4. The number of hydrogen-bond donors (Lipinski definition) is 2. The van der Waals surface area contributed by atoms with Crippen LogP contribution >= 0.6 is 0 Å². The number of pyridine rings is 2. The third kappa shape index (κ3) is 4.85. The number of H-pyrrole nitrogens is 1. The first kappa shape index (κ1) is 23.4. The normalized spacial score (nSPS) is 17.4. The Morgan fingerprint density at radius 2 is 1.84 bits per heavy atom. The molecule has 2 fully saturated rings. The van der Waals surface area contributed by atoms with Crippen molar-refractivity contribution in [1.82, 2.24) is 20.2 Å². The van der Waals surface area contributed by atoms with Gasteiger partial charge >= 0.3 is 0 Å². The fraction of sp³-hybridized carbons (Fsp3) is 0.321. The lowest BCUT2D eigenvalue weighted by Crippen LogP contribution is -2.29. The summed E-state index contributed by atoms with van der Waals surface area (Å²) in [6, 6.07) is 11.9. The lowest BCUT2D eigenvalue weighted by Gasteiger charge is -2.28. The van der Waals surface area contributed by atoms with Gasteiger partial charge in [-0.3, -0.25) is 10.1 Å². The van der Waals surface area contributed by atoms with Crippen molar-refractivity contribution in [3.63, 3.8) is 0 Å². The van der Waals surface area contributed by atoms with E-state index in [9.17, 15) is 8.78 Å². The van der Waals surface area contributed by atoms with E-state index in [0.717, 1.165) is 46.5 Å². The van der Waals surface area contributed by atoms with E-state index < -0.39 is 5.92 Å². The van der Waals surface area contributed by atoms with Crippen molar-refractivity contribution in [2.24, 2.45) is 0 Å². The number of anilines is 3. The maximum absolute atomic E-state index is 13.7. The predicted molar refractivity (Wildman–Crippen MR) is 144 cm³/mol. The predicted octanol–water partition coefficient (Wildman–Crippen LogP) is 5.94. The van der Waals surface area contributed by atoms with Gasteiger partial charge in [-0.2, -0.15) is 5.10 Å². The smallest absolute Gasteiger partial charge is 0.266 e. The van der Waals surface area contributed by atoms with E-state index in [1.54, 1.807) is 23.2 Å². The molecule has 0 unspecified atom stereocenters. The summed E-state index contributed by atoms with van der Waals surface area (Å²) < 4.78 is 27.4. The van der Waals surface area contributed by atoms with E-state index in [0.29, 0.717) is 17.2 Å². The molecule has 2 N–H and O–H groups in total. The molecule has 0 spiro atoms. The molecule has 2 aliphatic rings. The summed E-state index contributed by atoms with van der Waals surface area (Å²) in [6.07, 6.45) is 9.01. The SMILES string of the molecule is C=C(Nc1ccnc(N2CCC(F)(F)C2)c1)c1n[nH]c2ccc(-c3cncc(N4CCCCC4)c3)cc12. The van der Waals surface area contributed by atoms with Crippen molar-refractivity contribution < 1.29 is 8.78 Å². The summed E-state index contributed by atoms with van der Waals surface area (Å²) in [7, 11) is 0. The fourth-order valence-electron chi connectivity index (χ4n) is 5.17. The van der Waals surface area contributed by atoms with Crippen molar-refractivity contribution in [1.29, 1.82) is 0 Å². The Kier molecular flexibility index (Phi) is 5.98. The van der Waals surface area contributed by atoms with Crippen molar-refractivity contribution in [3.8, 4) is 11.1 Å². The van der Waals surface area contributed by atoms with Crippen LogP contribution in [0.1, 0.15) is 31.4 Å². The Bertz CT molecular complexity index is 1440. The molecular weight excluding hydrogens is 472 g/mol. The Balaban J connectivity index is 1.24. The van der Waals surface area contributed by atoms with Crippen LogP contribution in [0.3, 0.4) is 0 Å². The van der Waals surface area contributed by atoms with Crippen molar-refractivity contribution >= 4 is 33.8 Å². The molecule has 37 heavy (non-hydrogen) atoms. The summed E-state index contributed by atoms with van der Waals surface area (Å²) in [5.74, 6) is -2.16. The van der Waals surface area contributed by atoms with Gasteiger partial charge in [0, 0.05) is 61.2 Å². The molecule has 0 radical (unpaired) electrons. The Hall–Kier alpha value is -4.01. The van der Waals surface area contributed by atoms with Crippen LogP contribution in [-0.4, -0.2) is 52.3 Å². The van der Waals surface area contributed by atoms with Gasteiger partial charge in [0.25, 0.3) is 5.92 Å². The van der Waals surface area contributed by atoms with E-state index in [1.807, 2.05) is 18.5 Å². The molecule has 0 bridgehead atoms. The topological polar surface area (TPSA) is 73.0 Å². The summed E-state index contributed by atoms with van der Waals surface area (Å²) >= 11 is 0. The molecule has 9 heteroatoms. The van der Waals surface area contributed by atoms with E-state index in [2.05, 4.69) is 55.2 Å². The van der Waals surface area contributed by atoms with Gasteiger partial charge in [0.1, 0.15) is 11.5 Å². The highest BCUT2D eigenvalue weighted by atomic mass is 19.3. The molecule has 4 aromatic rings. The zero-order valence-electron chi connectivity index (χ0n) is 20.6. The lowest BCUT2D eigenvalue weighted by molar-refractivity contribution is 0.0256. The first-order chi connectivity index (χ1) is 17.9. The monoisotopic (exact) mass is 501 g/mol. The van der Waals surface area contributed by atoms with Crippen LogP contribution in [0.5, 0.6) is 0 Å². The van der Waals surface area contributed by atoms with Crippen LogP contribution in [0.4, 0.5) is 26.0 Å². The van der Waals surface area contributed by atoms with Crippen molar-refractivity contribution in [2.45, 2.75) is 31.6 Å². The third-order valence-corrected chi connectivity index (χ3v) is 7.16. The zero-order chi connectivity index (χ0) is 25.4. The molecule has 1 aromatic carbocycles. The van der Waals surface area contributed by atoms with Gasteiger partial charge in [0.2, 0.25) is 0 Å². The molecule has 2 aliphatic heterocycles. The minimum Gasteiger partial charge on any atom is -0.370 e. The summed E-state index contributed by atoms with van der Waals surface area (Å²) in [5.41, 5.74) is 6.18. The highest BCUT2D eigenvalue weighted by Crippen LogP contribution is 2.33. The van der Waals surface area contributed by atoms with Crippen LogP contribution in [0, 0.1) is 0 Å². The maximum Gasteiger partial charge on any atom is 0.266 e. The maximum atomic E-state index is 13.7. The average Bonchev–Trinajstić information content (AvgIpc) is 3.52. The number of piperidine rings is 1. The molecule has 3 aromatic heterocycles. The number of alkyl halides is 2. The van der Waals surface area contributed by atoms with Crippen LogP contribution in [0.15, 0.2) is 61.6 Å². The largest absolute Gasteiger partial charge is 0.370 e. The number of fused-ring (bicyclic) bond motifs is 1. The summed E-state index contributed by atoms with van der Waals surface area (Å²) in [5, 5.41) is 11.8. The molecule has 5 heterocycles. The number of aromatic amines is 1. The van der Waals surface area contributed by atoms with Gasteiger partial charge in [-0.1, -0.05) is 12.6 Å². The van der Waals surface area contributed by atoms with Gasteiger partial charge < -0.3 is 15.1 Å². The molecule has 0 aliphatic carbocycles. The van der Waals surface area contributed by atoms with E-state index in [1.165, 1.54) is 19.3 Å². The Labute approximate surface area is 214 Å². The van der Waals surface area contributed by atoms with Crippen LogP contribution in [-0.2, 0) is 0 Å². The number of rotatable bonds is 6. The summed E-state index contributed by atoms with van der Waals surface area (Å²) in [6.45, 7) is 6.31. The van der Waals surface area contributed by atoms with Crippen molar-refractivity contribution in [2.75, 3.05) is 41.3 Å². The zero-order valence-corrected chi connectivity index (χ0v) is 20.6. The highest BCUT2D eigenvalue weighted by Gasteiger charge is 2.38. The molecule has 0 amide bonds. The first-order valence-corrected chi connectivity index (χ1v) is 12.7. The minimum atomic E-state index is -2.68. The second kappa shape index (κ2) is 9.46. The Morgan fingerprint density at radius 1 is 0.973 bits per heavy atom. The van der Waals surface area contributed by atoms with Gasteiger partial charge in [-0.25, -0.2) is 13.8 Å². The van der Waals surface area contributed by atoms with Crippen LogP contribution < -0.4 is 15.1 Å². The van der Waals surface area contributed by atoms with Crippen molar-refractivity contribution in [3.05, 3.63) is 67.3 Å². The Morgan fingerprint density at radius 3 is 2.65 bits per heavy atom. The van der Waals surface area contributed by atoms with Crippen LogP contribution in [0.2, 0.25) is 0 Å². The standard InChI is InChI=1S/C28H29F2N7/c1-19(33-22-7-9-32-26(15-22)37-12-8-28(29,30)18-37)27-24-14-20(5-6-25(24)34-35-27)21-13-23(17-31-16-21)36-10-3-2-4-11-36/h5-7,9,13-17H,1-4,8,10-12,18H2,(H,32,33)(H,34,35). The van der Waals surface area contributed by atoms with E-state index in [-0.39, 0.29) is 19.5 Å². The van der Waals surface area contributed by atoms with Gasteiger partial charge in [0.05, 0.1) is 29.6 Å². The van der Waals surface area contributed by atoms with Crippen LogP contribution in [0.25, 0.3) is 27.7 Å². The fourth-order valence-corrected chi connectivity index (χ4v) is 5.17. The number of hydrogen-bond acceptors (Lipinski definition) is 6. The average molecular weight is 502 g/mol. The molecule has 190 valence electrons. The number of nitrogens with one attached hydrogen (secondary N) is 2. The molecule has 7 nitrogen and oxygen atoms in total. The lowest BCUT2D eigenvalue weighted by atomic mass is 10.0. The number of halogens is 2. The van der Waals surface area contributed by atoms with Gasteiger partial charge in [-0.15, -0.1) is 0 Å². The molecule has 0 atom stereocenters. The quantitative estimate of drug-likeness (QED) is 0.341. The van der Waals surface area contributed by atoms with Gasteiger partial charge in [0.15, 0.2) is 0 Å². The summed E-state index contributed by atoms with van der Waals surface area (Å²) in [4.78, 5) is 12.8. The first-order valence-electron chi connectivity index (χ1n) is 12.7. The second-order valence-corrected chi connectivity index (χ2v) is 9.85. The van der Waals surface area contributed by atoms with E-state index in [4.69, 9.17) is 0 Å².